The minimum absolute atomic E-state index is 0.0598. The number of unbranched alkanes of at least 4 members (excludes halogenated alkanes) is 1. The van der Waals surface area contributed by atoms with Gasteiger partial charge in [-0.05, 0) is 38.5 Å². The summed E-state index contributed by atoms with van der Waals surface area (Å²) in [5, 5.41) is 11.2. The van der Waals surface area contributed by atoms with Gasteiger partial charge in [-0.2, -0.15) is 0 Å². The van der Waals surface area contributed by atoms with Crippen LogP contribution in [0.2, 0.25) is 0 Å². The Morgan fingerprint density at radius 3 is 2.88 bits per heavy atom. The van der Waals surface area contributed by atoms with E-state index in [2.05, 4.69) is 17.2 Å². The molecule has 0 radical (unpaired) electrons. The first-order valence-corrected chi connectivity index (χ1v) is 8.58. The van der Waals surface area contributed by atoms with Gasteiger partial charge in [0.25, 0.3) is 0 Å². The van der Waals surface area contributed by atoms with Crippen LogP contribution >= 0.6 is 0 Å². The number of carbonyl (C=O) groups excluding carboxylic acids is 1. The van der Waals surface area contributed by atoms with E-state index in [0.29, 0.717) is 32.4 Å². The Kier molecular flexibility index (Phi) is 10.7. The average Bonchev–Trinajstić information content (AvgIpc) is 2.52. The SMILES string of the molecule is NC(CCCCNC(=O)OCCOC1C#CCCCCC1)C(=O)O. The Hall–Kier alpha value is -1.78. The Morgan fingerprint density at radius 2 is 2.08 bits per heavy atom. The molecule has 1 rings (SSSR count). The molecule has 7 nitrogen and oxygen atoms in total. The molecule has 2 unspecified atom stereocenters. The second-order valence-electron chi connectivity index (χ2n) is 5.78. The first-order valence-electron chi connectivity index (χ1n) is 8.58. The normalized spacial score (nSPS) is 18.5. The summed E-state index contributed by atoms with van der Waals surface area (Å²) in [6, 6.07) is -0.842. The van der Waals surface area contributed by atoms with Crippen LogP contribution in [0.4, 0.5) is 4.79 Å². The summed E-state index contributed by atoms with van der Waals surface area (Å²) in [5.41, 5.74) is 5.38. The highest BCUT2D eigenvalue weighted by Crippen LogP contribution is 2.10. The van der Waals surface area contributed by atoms with Crippen molar-refractivity contribution in [1.29, 1.82) is 0 Å². The maximum atomic E-state index is 11.5. The van der Waals surface area contributed by atoms with E-state index < -0.39 is 18.1 Å². The van der Waals surface area contributed by atoms with Crippen LogP contribution < -0.4 is 11.1 Å². The molecule has 0 fully saturated rings. The number of nitrogens with two attached hydrogens (primary N) is 1. The zero-order valence-electron chi connectivity index (χ0n) is 14.1. The van der Waals surface area contributed by atoms with Crippen molar-refractivity contribution in [1.82, 2.24) is 5.32 Å². The lowest BCUT2D eigenvalue weighted by atomic mass is 10.1. The van der Waals surface area contributed by atoms with Crippen LogP contribution in [0.3, 0.4) is 0 Å². The lowest BCUT2D eigenvalue weighted by molar-refractivity contribution is -0.138. The molecule has 2 atom stereocenters. The fourth-order valence-electron chi connectivity index (χ4n) is 2.28. The molecule has 24 heavy (non-hydrogen) atoms. The van der Waals surface area contributed by atoms with Crippen LogP contribution in [0.5, 0.6) is 0 Å². The smallest absolute Gasteiger partial charge is 0.407 e. The van der Waals surface area contributed by atoms with Gasteiger partial charge in [0, 0.05) is 13.0 Å². The van der Waals surface area contributed by atoms with Crippen molar-refractivity contribution in [3.8, 4) is 11.8 Å². The fourth-order valence-corrected chi connectivity index (χ4v) is 2.28. The van der Waals surface area contributed by atoms with Gasteiger partial charge < -0.3 is 25.6 Å². The molecule has 0 aliphatic heterocycles. The number of nitrogens with one attached hydrogen (secondary N) is 1. The van der Waals surface area contributed by atoms with Gasteiger partial charge >= 0.3 is 12.1 Å². The minimum Gasteiger partial charge on any atom is -0.480 e. The van der Waals surface area contributed by atoms with Crippen molar-refractivity contribution in [3.05, 3.63) is 0 Å². The topological polar surface area (TPSA) is 111 Å². The third-order valence-electron chi connectivity index (χ3n) is 3.70. The maximum Gasteiger partial charge on any atom is 0.407 e. The number of ether oxygens (including phenoxy) is 2. The first-order chi connectivity index (χ1) is 11.6. The van der Waals surface area contributed by atoms with Crippen molar-refractivity contribution in [2.45, 2.75) is 63.5 Å². The number of alkyl carbamates (subject to hydrolysis) is 1. The zero-order valence-corrected chi connectivity index (χ0v) is 14.1. The molecule has 1 aliphatic carbocycles. The summed E-state index contributed by atoms with van der Waals surface area (Å²) in [4.78, 5) is 22.0. The number of aliphatic carboxylic acids is 1. The number of carbonyl (C=O) groups is 2. The van der Waals surface area contributed by atoms with E-state index >= 15 is 0 Å². The van der Waals surface area contributed by atoms with E-state index in [0.717, 1.165) is 25.7 Å². The maximum absolute atomic E-state index is 11.5. The Morgan fingerprint density at radius 1 is 1.25 bits per heavy atom. The highest BCUT2D eigenvalue weighted by atomic mass is 16.6. The molecule has 4 N–H and O–H groups in total. The third kappa shape index (κ3) is 10.1. The lowest BCUT2D eigenvalue weighted by Crippen LogP contribution is -2.30. The largest absolute Gasteiger partial charge is 0.480 e. The molecule has 0 aromatic heterocycles. The summed E-state index contributed by atoms with van der Waals surface area (Å²) in [7, 11) is 0. The van der Waals surface area contributed by atoms with Crippen LogP contribution in [0.1, 0.15) is 51.4 Å². The Bertz CT molecular complexity index is 444. The molecular weight excluding hydrogens is 312 g/mol. The highest BCUT2D eigenvalue weighted by Gasteiger charge is 2.10. The summed E-state index contributed by atoms with van der Waals surface area (Å²) in [6.45, 7) is 0.953. The van der Waals surface area contributed by atoms with E-state index in [4.69, 9.17) is 20.3 Å². The van der Waals surface area contributed by atoms with Crippen LogP contribution in [-0.4, -0.2) is 49.1 Å². The minimum atomic E-state index is -1.00. The van der Waals surface area contributed by atoms with Gasteiger partial charge in [-0.15, -0.1) is 5.92 Å². The Labute approximate surface area is 143 Å². The molecule has 0 aromatic rings. The fraction of sp³-hybridized carbons (Fsp3) is 0.765. The average molecular weight is 340 g/mol. The summed E-state index contributed by atoms with van der Waals surface area (Å²) >= 11 is 0. The molecule has 136 valence electrons. The number of hydrogen-bond acceptors (Lipinski definition) is 5. The van der Waals surface area contributed by atoms with Gasteiger partial charge in [0.15, 0.2) is 0 Å². The van der Waals surface area contributed by atoms with E-state index in [-0.39, 0.29) is 12.7 Å². The molecule has 0 bridgehead atoms. The van der Waals surface area contributed by atoms with Crippen molar-refractivity contribution < 1.29 is 24.2 Å². The quantitative estimate of drug-likeness (QED) is 0.412. The highest BCUT2D eigenvalue weighted by molar-refractivity contribution is 5.72. The van der Waals surface area contributed by atoms with Gasteiger partial charge in [0.2, 0.25) is 0 Å². The predicted octanol–water partition coefficient (Wildman–Crippen LogP) is 1.65. The monoisotopic (exact) mass is 340 g/mol. The van der Waals surface area contributed by atoms with Gasteiger partial charge in [-0.1, -0.05) is 12.3 Å². The van der Waals surface area contributed by atoms with Crippen molar-refractivity contribution in [2.75, 3.05) is 19.8 Å². The Balaban J connectivity index is 1.98. The van der Waals surface area contributed by atoms with E-state index in [1.165, 1.54) is 6.42 Å². The molecule has 0 saturated heterocycles. The molecule has 0 saturated carbocycles. The van der Waals surface area contributed by atoms with Gasteiger partial charge in [-0.25, -0.2) is 4.79 Å². The number of rotatable bonds is 10. The van der Waals surface area contributed by atoms with Crippen molar-refractivity contribution in [3.63, 3.8) is 0 Å². The van der Waals surface area contributed by atoms with Crippen LogP contribution in [0.15, 0.2) is 0 Å². The van der Waals surface area contributed by atoms with E-state index in [1.54, 1.807) is 0 Å². The second kappa shape index (κ2) is 12.6. The van der Waals surface area contributed by atoms with Crippen molar-refractivity contribution in [2.24, 2.45) is 5.73 Å². The molecule has 0 spiro atoms. The van der Waals surface area contributed by atoms with E-state index in [1.807, 2.05) is 0 Å². The lowest BCUT2D eigenvalue weighted by Gasteiger charge is -2.14. The number of carboxylic acids is 1. The summed E-state index contributed by atoms with van der Waals surface area (Å²) in [6.07, 6.45) is 6.44. The van der Waals surface area contributed by atoms with Crippen LogP contribution in [0.25, 0.3) is 0 Å². The second-order valence-corrected chi connectivity index (χ2v) is 5.78. The van der Waals surface area contributed by atoms with Crippen molar-refractivity contribution >= 4 is 12.1 Å². The molecule has 7 heteroatoms. The first kappa shape index (κ1) is 20.3. The van der Waals surface area contributed by atoms with Crippen LogP contribution in [0, 0.1) is 11.8 Å². The van der Waals surface area contributed by atoms with Gasteiger partial charge in [0.05, 0.1) is 6.61 Å². The standard InChI is InChI=1S/C17H28N2O5/c18-15(16(20)21)10-6-7-11-19-17(22)24-13-12-23-14-8-4-2-1-3-5-9-14/h14-15H,1-4,6-8,10-13,18H2,(H,19,22)(H,20,21). The molecule has 1 aliphatic rings. The molecular formula is C17H28N2O5. The van der Waals surface area contributed by atoms with E-state index in [9.17, 15) is 9.59 Å². The molecule has 0 heterocycles. The zero-order chi connectivity index (χ0) is 17.6. The number of carboxylic acid groups (broad SMARTS) is 1. The molecule has 0 aromatic carbocycles. The number of hydrogen-bond donors (Lipinski definition) is 3. The molecule has 1 amide bonds. The number of amides is 1. The van der Waals surface area contributed by atoms with Gasteiger partial charge in [0.1, 0.15) is 18.8 Å². The third-order valence-corrected chi connectivity index (χ3v) is 3.70. The summed E-state index contributed by atoms with van der Waals surface area (Å²) < 4.78 is 10.6. The van der Waals surface area contributed by atoms with Crippen LogP contribution in [-0.2, 0) is 14.3 Å². The summed E-state index contributed by atoms with van der Waals surface area (Å²) in [5.74, 6) is 5.19. The predicted molar refractivity (Wildman–Crippen MR) is 89.4 cm³/mol. The van der Waals surface area contributed by atoms with Gasteiger partial charge in [-0.3, -0.25) is 4.79 Å².